The summed E-state index contributed by atoms with van der Waals surface area (Å²) < 4.78 is 14.9. The number of piperidine rings is 2. The van der Waals surface area contributed by atoms with E-state index >= 15 is 0 Å². The first-order valence-corrected chi connectivity index (χ1v) is 24.9. The Morgan fingerprint density at radius 2 is 1.74 bits per heavy atom. The molecule has 1 unspecified atom stereocenters. The number of hydrogen-bond donors (Lipinski definition) is 4. The highest BCUT2D eigenvalue weighted by Crippen LogP contribution is 2.50. The minimum atomic E-state index is -1.14. The summed E-state index contributed by atoms with van der Waals surface area (Å²) in [7, 11) is 3.30. The fourth-order valence-electron chi connectivity index (χ4n) is 11.0. The Morgan fingerprint density at radius 1 is 0.931 bits per heavy atom. The molecule has 19 heteroatoms. The molecule has 3 aromatic carbocycles. The van der Waals surface area contributed by atoms with E-state index in [1.807, 2.05) is 72.5 Å². The maximum absolute atomic E-state index is 13.6. The van der Waals surface area contributed by atoms with Gasteiger partial charge in [-0.05, 0) is 135 Å². The van der Waals surface area contributed by atoms with Gasteiger partial charge in [-0.15, -0.1) is 0 Å². The molecule has 11 rings (SSSR count). The van der Waals surface area contributed by atoms with E-state index in [1.165, 1.54) is 18.4 Å². The summed E-state index contributed by atoms with van der Waals surface area (Å²) in [6, 6.07) is 22.6. The van der Waals surface area contributed by atoms with Gasteiger partial charge in [-0.1, -0.05) is 29.5 Å². The van der Waals surface area contributed by atoms with Crippen LogP contribution in [0.5, 0.6) is 11.5 Å². The van der Waals surface area contributed by atoms with Crippen LogP contribution >= 0.6 is 11.3 Å². The van der Waals surface area contributed by atoms with E-state index in [9.17, 15) is 29.1 Å². The number of methoxy groups -OCH3 is 1. The lowest BCUT2D eigenvalue weighted by Crippen LogP contribution is -2.51. The number of hydrogen-bond acceptors (Lipinski definition) is 14. The van der Waals surface area contributed by atoms with E-state index in [4.69, 9.17) is 9.47 Å². The molecule has 3 aliphatic heterocycles. The van der Waals surface area contributed by atoms with Crippen LogP contribution in [0.2, 0.25) is 0 Å². The number of anilines is 3. The zero-order valence-corrected chi connectivity index (χ0v) is 40.8. The Bertz CT molecular complexity index is 3320. The summed E-state index contributed by atoms with van der Waals surface area (Å²) in [4.78, 5) is 82.1. The number of fused-ring (bicyclic) bond motifs is 3. The van der Waals surface area contributed by atoms with Gasteiger partial charge in [-0.3, -0.25) is 44.4 Å². The maximum atomic E-state index is 13.6. The van der Waals surface area contributed by atoms with Gasteiger partial charge in [0.15, 0.2) is 16.6 Å². The van der Waals surface area contributed by atoms with Crippen LogP contribution in [-0.4, -0.2) is 104 Å². The summed E-state index contributed by atoms with van der Waals surface area (Å²) in [6.07, 6.45) is 6.68. The van der Waals surface area contributed by atoms with Crippen LogP contribution in [0.3, 0.4) is 0 Å². The number of imide groups is 1. The predicted octanol–water partition coefficient (Wildman–Crippen LogP) is 7.25. The van der Waals surface area contributed by atoms with Crippen molar-refractivity contribution in [1.29, 1.82) is 0 Å². The van der Waals surface area contributed by atoms with Gasteiger partial charge in [0.1, 0.15) is 22.8 Å². The number of aryl methyl sites for hydroxylation is 2. The lowest BCUT2D eigenvalue weighted by atomic mass is 9.61. The van der Waals surface area contributed by atoms with Gasteiger partial charge in [-0.2, -0.15) is 5.10 Å². The van der Waals surface area contributed by atoms with Crippen LogP contribution < -0.4 is 30.3 Å². The molecule has 1 aliphatic carbocycles. The van der Waals surface area contributed by atoms with Gasteiger partial charge >= 0.3 is 5.97 Å². The summed E-state index contributed by atoms with van der Waals surface area (Å²) in [5, 5.41) is 24.7. The number of nitrogens with zero attached hydrogens (tertiary/aromatic N) is 7. The fraction of sp³-hybridized carbons (Fsp3) is 0.340. The highest BCUT2D eigenvalue weighted by Gasteiger charge is 2.47. The van der Waals surface area contributed by atoms with Crippen molar-refractivity contribution in [2.24, 2.45) is 12.5 Å². The average molecular weight is 989 g/mol. The Labute approximate surface area is 417 Å². The zero-order valence-electron chi connectivity index (χ0n) is 40.0. The van der Waals surface area contributed by atoms with Crippen LogP contribution in [0.4, 0.5) is 16.6 Å². The predicted molar refractivity (Wildman–Crippen MR) is 271 cm³/mol. The number of carbonyl (C=O) groups is 5. The molecule has 368 valence electrons. The van der Waals surface area contributed by atoms with Gasteiger partial charge < -0.3 is 24.8 Å². The number of para-hydroxylation sites is 1. The molecule has 7 aromatic rings. The Balaban J connectivity index is 0.688. The van der Waals surface area contributed by atoms with Crippen molar-refractivity contribution >= 4 is 78.7 Å². The molecule has 3 fully saturated rings. The summed E-state index contributed by atoms with van der Waals surface area (Å²) >= 11 is 1.40. The van der Waals surface area contributed by atoms with Crippen LogP contribution in [0.25, 0.3) is 32.2 Å². The lowest BCUT2D eigenvalue weighted by molar-refractivity contribution is -0.134. The lowest BCUT2D eigenvalue weighted by Gasteiger charge is -2.51. The molecule has 0 bridgehead atoms. The first-order valence-electron chi connectivity index (χ1n) is 24.1. The molecular formula is C53H52N10O8S. The smallest absolute Gasteiger partial charge is 0.355 e. The van der Waals surface area contributed by atoms with Crippen LogP contribution in [0.15, 0.2) is 79.0 Å². The average Bonchev–Trinajstić information content (AvgIpc) is 3.93. The molecule has 18 nitrogen and oxygen atoms in total. The van der Waals surface area contributed by atoms with Crippen molar-refractivity contribution in [3.8, 4) is 22.6 Å². The summed E-state index contributed by atoms with van der Waals surface area (Å²) in [5.41, 5.74) is 6.83. The van der Waals surface area contributed by atoms with E-state index < -0.39 is 11.9 Å². The highest BCUT2D eigenvalue weighted by molar-refractivity contribution is 7.22. The third kappa shape index (κ3) is 8.86. The number of pyridine rings is 2. The molecule has 4 N–H and O–H groups in total. The van der Waals surface area contributed by atoms with Crippen molar-refractivity contribution in [3.05, 3.63) is 113 Å². The standard InChI is InChI=1S/C53H52N10O8S/c1-29-24-31(71-32-25-53(26-32)18-22-62(23-19-53)28-43(65)55-39-13-10-35-44(36-12-15-42(64)58-49(36)66)60-61(2)47(35)48(39)70-3)8-9-33(29)34-11-14-41(57-46(34)51(68)69)63-21-17-30-16-20-54-45(37(30)27-63)50(67)59-52-56-38-6-4-5-7-40(38)72-52/h4-11,13-14,16,20,24,32,36H,12,15,17-19,21-23,25-28H2,1-3H3,(H,55,65)(H,68,69)(H,56,59,67)(H,58,64,66). The van der Waals surface area contributed by atoms with Gasteiger partial charge in [0, 0.05) is 49.3 Å². The molecule has 1 spiro atoms. The number of nitrogens with one attached hydrogen (secondary N) is 3. The topological polar surface area (TPSA) is 223 Å². The third-order valence-electron chi connectivity index (χ3n) is 14.7. The molecule has 2 saturated heterocycles. The van der Waals surface area contributed by atoms with Crippen LogP contribution in [-0.2, 0) is 34.4 Å². The van der Waals surface area contributed by atoms with Crippen LogP contribution in [0, 0.1) is 12.3 Å². The number of carboxylic acids is 1. The second-order valence-corrected chi connectivity index (χ2v) is 20.3. The molecular weight excluding hydrogens is 937 g/mol. The molecule has 4 aromatic heterocycles. The zero-order chi connectivity index (χ0) is 49.8. The van der Waals surface area contributed by atoms with Gasteiger partial charge in [0.05, 0.1) is 47.3 Å². The largest absolute Gasteiger partial charge is 0.492 e. The first kappa shape index (κ1) is 46.6. The highest BCUT2D eigenvalue weighted by atomic mass is 32.1. The van der Waals surface area contributed by atoms with Gasteiger partial charge in [0.25, 0.3) is 5.91 Å². The third-order valence-corrected chi connectivity index (χ3v) is 15.7. The number of carbonyl (C=O) groups excluding carboxylic acids is 4. The normalized spacial score (nSPS) is 17.9. The number of thiazole rings is 1. The number of aromatic nitrogens is 5. The van der Waals surface area contributed by atoms with Crippen molar-refractivity contribution in [3.63, 3.8) is 0 Å². The number of ether oxygens (including phenoxy) is 2. The first-order chi connectivity index (χ1) is 34.8. The van der Waals surface area contributed by atoms with Crippen molar-refractivity contribution in [2.75, 3.05) is 48.8 Å². The molecule has 0 radical (unpaired) electrons. The van der Waals surface area contributed by atoms with E-state index in [-0.39, 0.29) is 53.8 Å². The van der Waals surface area contributed by atoms with Gasteiger partial charge in [0.2, 0.25) is 17.7 Å². The summed E-state index contributed by atoms with van der Waals surface area (Å²) in [6.45, 7) is 4.67. The Morgan fingerprint density at radius 3 is 2.50 bits per heavy atom. The number of rotatable bonds is 12. The quantitative estimate of drug-likeness (QED) is 0.0886. The van der Waals surface area contributed by atoms with Crippen molar-refractivity contribution in [2.45, 2.75) is 70.4 Å². The maximum Gasteiger partial charge on any atom is 0.355 e. The fourth-order valence-corrected chi connectivity index (χ4v) is 11.9. The molecule has 1 atom stereocenters. The molecule has 1 saturated carbocycles. The molecule has 7 heterocycles. The van der Waals surface area contributed by atoms with E-state index in [0.717, 1.165) is 82.4 Å². The van der Waals surface area contributed by atoms with Gasteiger partial charge in [-0.25, -0.2) is 14.8 Å². The molecule has 72 heavy (non-hydrogen) atoms. The monoisotopic (exact) mass is 988 g/mol. The minimum absolute atomic E-state index is 0.0504. The number of benzene rings is 3. The minimum Gasteiger partial charge on any atom is -0.492 e. The number of likely N-dealkylation sites (tertiary alicyclic amines) is 1. The number of carboxylic acid groups (broad SMARTS) is 1. The number of amides is 4. The number of aromatic carboxylic acids is 1. The van der Waals surface area contributed by atoms with E-state index in [0.29, 0.717) is 70.8 Å². The molecule has 4 amide bonds. The van der Waals surface area contributed by atoms with Crippen LogP contribution in [0.1, 0.15) is 87.8 Å². The summed E-state index contributed by atoms with van der Waals surface area (Å²) in [5.74, 6) is -1.18. The van der Waals surface area contributed by atoms with Crippen molar-refractivity contribution < 1.29 is 38.6 Å². The SMILES string of the molecule is COc1c(NC(=O)CN2CCC3(CC2)CC(Oc2ccc(-c4ccc(N5CCc6ccnc(C(=O)Nc7nc8ccccc8s7)c6C5)nc4C(=O)O)c(C)c2)C3)ccc2c(C3CCC(=O)NC3=O)nn(C)c12. The van der Waals surface area contributed by atoms with E-state index in [2.05, 4.69) is 40.9 Å². The Kier molecular flexibility index (Phi) is 12.1. The Hall–Kier alpha value is -7.77. The molecule has 4 aliphatic rings. The second kappa shape index (κ2) is 18.8. The van der Waals surface area contributed by atoms with E-state index in [1.54, 1.807) is 30.1 Å². The second-order valence-electron chi connectivity index (χ2n) is 19.3. The van der Waals surface area contributed by atoms with Crippen molar-refractivity contribution in [1.82, 2.24) is 34.9 Å².